The maximum Gasteiger partial charge on any atom is 2.00 e. The number of ether oxygens (including phenoxy) is 2. The Kier molecular flexibility index (Phi) is 8.11. The maximum atomic E-state index is 6.50. The molecule has 1 aliphatic rings. The molecule has 6 rings (SSSR count). The van der Waals surface area contributed by atoms with E-state index in [1.165, 1.54) is 10.9 Å². The number of aryl methyl sites for hydroxylation is 3. The van der Waals surface area contributed by atoms with Crippen LogP contribution in [0.2, 0.25) is 0 Å². The molecule has 43 heavy (non-hydrogen) atoms. The first-order valence-corrected chi connectivity index (χ1v) is 14.7. The number of fused-ring (bicyclic) bond motifs is 3. The molecule has 0 amide bonds. The molecule has 0 fully saturated rings. The molecule has 5 nitrogen and oxygen atoms in total. The molecule has 0 unspecified atom stereocenters. The minimum Gasteiger partial charge on any atom is -0.518 e. The van der Waals surface area contributed by atoms with Gasteiger partial charge in [0, 0.05) is 23.2 Å². The molecular formula is C37H39N3O2Pt. The summed E-state index contributed by atoms with van der Waals surface area (Å²) < 4.78 is 14.7. The van der Waals surface area contributed by atoms with Gasteiger partial charge in [-0.05, 0) is 52.5 Å². The smallest absolute Gasteiger partial charge is 0.518 e. The first-order chi connectivity index (χ1) is 19.8. The molecule has 224 valence electrons. The monoisotopic (exact) mass is 752 g/mol. The molecule has 5 aromatic rings. The second kappa shape index (κ2) is 11.2. The summed E-state index contributed by atoms with van der Waals surface area (Å²) >= 11 is 0. The van der Waals surface area contributed by atoms with E-state index in [4.69, 9.17) is 19.5 Å². The van der Waals surface area contributed by atoms with Crippen molar-refractivity contribution in [2.24, 2.45) is 10.4 Å². The molecule has 3 heterocycles. The summed E-state index contributed by atoms with van der Waals surface area (Å²) in [6.07, 6.45) is 1.86. The van der Waals surface area contributed by atoms with Crippen LogP contribution < -0.4 is 4.74 Å². The Morgan fingerprint density at radius 3 is 2.33 bits per heavy atom. The Morgan fingerprint density at radius 1 is 0.884 bits per heavy atom. The summed E-state index contributed by atoms with van der Waals surface area (Å²) in [4.78, 5) is 9.64. The van der Waals surface area contributed by atoms with Crippen LogP contribution in [0.5, 0.6) is 11.5 Å². The van der Waals surface area contributed by atoms with E-state index in [1.807, 2.05) is 25.3 Å². The number of aromatic nitrogens is 2. The normalized spacial score (nSPS) is 15.4. The molecule has 1 atom stereocenters. The van der Waals surface area contributed by atoms with Crippen LogP contribution in [0.1, 0.15) is 69.4 Å². The van der Waals surface area contributed by atoms with Crippen molar-refractivity contribution in [3.63, 3.8) is 0 Å². The van der Waals surface area contributed by atoms with Gasteiger partial charge in [-0.1, -0.05) is 90.2 Å². The van der Waals surface area contributed by atoms with Gasteiger partial charge in [-0.3, -0.25) is 4.99 Å². The van der Waals surface area contributed by atoms with E-state index in [9.17, 15) is 0 Å². The number of nitrogens with zero attached hydrogens (tertiary/aromatic N) is 3. The van der Waals surface area contributed by atoms with Gasteiger partial charge in [-0.15, -0.1) is 29.1 Å². The molecule has 0 bridgehead atoms. The first kappa shape index (κ1) is 31.0. The molecule has 0 saturated heterocycles. The van der Waals surface area contributed by atoms with E-state index in [0.29, 0.717) is 24.0 Å². The van der Waals surface area contributed by atoms with Crippen LogP contribution in [0.3, 0.4) is 0 Å². The standard InChI is InChI=1S/C37H39N3O2.Pt/c1-22-14-15-38-34(16-22)40-30-13-10-25(36(4,5)6)18-29(30)27-12-11-26(19-31(27)40)42-32-20-28(23(2)17-24(32)3)35-39-33(21-41-35)37(7,8)9;/h10-18,33H,21H2,1-9H3;/q-2;+2/t33-;/m0./s1. The molecule has 1 aliphatic heterocycles. The predicted octanol–water partition coefficient (Wildman–Crippen LogP) is 8.98. The Balaban J connectivity index is 0.00000368. The molecular weight excluding hydrogens is 714 g/mol. The summed E-state index contributed by atoms with van der Waals surface area (Å²) in [6, 6.07) is 24.2. The van der Waals surface area contributed by atoms with Crippen LogP contribution in [0.4, 0.5) is 0 Å². The second-order valence-electron chi connectivity index (χ2n) is 13.7. The van der Waals surface area contributed by atoms with Crippen molar-refractivity contribution in [1.29, 1.82) is 0 Å². The minimum atomic E-state index is 0. The van der Waals surface area contributed by atoms with Crippen molar-refractivity contribution >= 4 is 27.7 Å². The van der Waals surface area contributed by atoms with E-state index in [-0.39, 0.29) is 37.9 Å². The number of pyridine rings is 1. The van der Waals surface area contributed by atoms with Crippen LogP contribution in [0, 0.1) is 38.3 Å². The fourth-order valence-corrected chi connectivity index (χ4v) is 5.50. The zero-order valence-corrected chi connectivity index (χ0v) is 28.7. The molecule has 6 heteroatoms. The third-order valence-electron chi connectivity index (χ3n) is 8.15. The molecule has 3 aromatic carbocycles. The first-order valence-electron chi connectivity index (χ1n) is 14.7. The zero-order valence-electron chi connectivity index (χ0n) is 26.5. The average molecular weight is 753 g/mol. The average Bonchev–Trinajstić information content (AvgIpc) is 3.53. The largest absolute Gasteiger partial charge is 2.00 e. The maximum absolute atomic E-state index is 6.50. The van der Waals surface area contributed by atoms with Gasteiger partial charge in [0.1, 0.15) is 11.7 Å². The predicted molar refractivity (Wildman–Crippen MR) is 171 cm³/mol. The van der Waals surface area contributed by atoms with Crippen molar-refractivity contribution in [1.82, 2.24) is 9.55 Å². The summed E-state index contributed by atoms with van der Waals surface area (Å²) in [5.74, 6) is 2.75. The Labute approximate surface area is 269 Å². The van der Waals surface area contributed by atoms with Gasteiger partial charge in [0.25, 0.3) is 0 Å². The topological polar surface area (TPSA) is 48.6 Å². The van der Waals surface area contributed by atoms with E-state index in [0.717, 1.165) is 44.5 Å². The summed E-state index contributed by atoms with van der Waals surface area (Å²) in [7, 11) is 0. The fourth-order valence-electron chi connectivity index (χ4n) is 5.50. The molecule has 0 aliphatic carbocycles. The van der Waals surface area contributed by atoms with Crippen molar-refractivity contribution in [2.75, 3.05) is 6.61 Å². The minimum absolute atomic E-state index is 0. The third-order valence-corrected chi connectivity index (χ3v) is 8.15. The van der Waals surface area contributed by atoms with Gasteiger partial charge in [-0.25, -0.2) is 4.98 Å². The zero-order chi connectivity index (χ0) is 30.0. The van der Waals surface area contributed by atoms with Gasteiger partial charge in [-0.2, -0.15) is 6.07 Å². The Hall–Kier alpha value is -3.43. The number of rotatable bonds is 4. The molecule has 2 aromatic heterocycles. The van der Waals surface area contributed by atoms with E-state index in [2.05, 4.69) is 108 Å². The van der Waals surface area contributed by atoms with E-state index >= 15 is 0 Å². The molecule has 0 radical (unpaired) electrons. The van der Waals surface area contributed by atoms with Crippen molar-refractivity contribution in [2.45, 2.75) is 73.8 Å². The van der Waals surface area contributed by atoms with E-state index < -0.39 is 0 Å². The van der Waals surface area contributed by atoms with Crippen LogP contribution in [-0.4, -0.2) is 28.1 Å². The van der Waals surface area contributed by atoms with Crippen molar-refractivity contribution in [3.05, 3.63) is 94.7 Å². The quantitative estimate of drug-likeness (QED) is 0.172. The van der Waals surface area contributed by atoms with Gasteiger partial charge in [0.15, 0.2) is 0 Å². The van der Waals surface area contributed by atoms with Crippen LogP contribution >= 0.6 is 0 Å². The third kappa shape index (κ3) is 5.89. The molecule has 0 N–H and O–H groups in total. The van der Waals surface area contributed by atoms with Gasteiger partial charge < -0.3 is 14.0 Å². The number of hydrogen-bond donors (Lipinski definition) is 0. The van der Waals surface area contributed by atoms with Gasteiger partial charge >= 0.3 is 21.1 Å². The summed E-state index contributed by atoms with van der Waals surface area (Å²) in [5, 5.41) is 2.28. The second-order valence-corrected chi connectivity index (χ2v) is 13.7. The molecule has 0 spiro atoms. The number of hydrogen-bond acceptors (Lipinski definition) is 4. The number of benzene rings is 3. The Morgan fingerprint density at radius 2 is 1.65 bits per heavy atom. The summed E-state index contributed by atoms with van der Waals surface area (Å²) in [5.41, 5.74) is 7.42. The van der Waals surface area contributed by atoms with Crippen LogP contribution in [0.15, 0.2) is 59.7 Å². The SMILES string of the molecule is Cc1ccnc(-n2c3[c-]c(Oc4[c-]c(C5=N[C@H](C(C)(C)C)CO5)c(C)cc4C)ccc3c3cc(C(C)(C)C)ccc32)c1.[Pt+2]. The van der Waals surface area contributed by atoms with Crippen molar-refractivity contribution < 1.29 is 30.5 Å². The van der Waals surface area contributed by atoms with Gasteiger partial charge in [0.2, 0.25) is 0 Å². The Bertz CT molecular complexity index is 1870. The van der Waals surface area contributed by atoms with E-state index in [1.54, 1.807) is 0 Å². The van der Waals surface area contributed by atoms with Crippen LogP contribution in [0.25, 0.3) is 27.6 Å². The van der Waals surface area contributed by atoms with Crippen LogP contribution in [-0.2, 0) is 31.2 Å². The fraction of sp³-hybridized carbons (Fsp3) is 0.351. The van der Waals surface area contributed by atoms with Gasteiger partial charge in [0.05, 0.1) is 12.6 Å². The molecule has 0 saturated carbocycles. The summed E-state index contributed by atoms with van der Waals surface area (Å²) in [6.45, 7) is 20.1. The van der Waals surface area contributed by atoms with Crippen molar-refractivity contribution in [3.8, 4) is 17.3 Å². The number of aliphatic imine (C=N–C) groups is 1.